The quantitative estimate of drug-likeness (QED) is 0.877. The van der Waals surface area contributed by atoms with Crippen LogP contribution in [0.3, 0.4) is 0 Å². The van der Waals surface area contributed by atoms with Gasteiger partial charge in [-0.25, -0.2) is 0 Å². The van der Waals surface area contributed by atoms with Gasteiger partial charge in [0.1, 0.15) is 0 Å². The van der Waals surface area contributed by atoms with E-state index < -0.39 is 0 Å². The molecule has 1 N–H and O–H groups in total. The summed E-state index contributed by atoms with van der Waals surface area (Å²) >= 11 is 0. The molecule has 18 heavy (non-hydrogen) atoms. The van der Waals surface area contributed by atoms with Crippen LogP contribution >= 0.6 is 0 Å². The molecule has 1 aromatic rings. The molecule has 0 saturated carbocycles. The predicted molar refractivity (Wildman–Crippen MR) is 78.1 cm³/mol. The third-order valence-electron chi connectivity index (χ3n) is 3.89. The zero-order valence-electron chi connectivity index (χ0n) is 11.8. The number of nitrogens with zero attached hydrogens (tertiary/aromatic N) is 2. The summed E-state index contributed by atoms with van der Waals surface area (Å²) < 4.78 is 0. The van der Waals surface area contributed by atoms with Crippen LogP contribution in [0.5, 0.6) is 0 Å². The van der Waals surface area contributed by atoms with Crippen molar-refractivity contribution in [1.82, 2.24) is 10.2 Å². The lowest BCUT2D eigenvalue weighted by Gasteiger charge is -2.38. The number of rotatable bonds is 4. The zero-order chi connectivity index (χ0) is 13.0. The van der Waals surface area contributed by atoms with Crippen LogP contribution in [-0.2, 0) is 6.54 Å². The van der Waals surface area contributed by atoms with E-state index in [1.807, 2.05) is 7.05 Å². The second-order valence-electron chi connectivity index (χ2n) is 5.33. The number of hydrogen-bond acceptors (Lipinski definition) is 3. The number of piperidine rings is 1. The molecule has 1 aliphatic rings. The van der Waals surface area contributed by atoms with Crippen molar-refractivity contribution in [3.05, 3.63) is 29.8 Å². The minimum atomic E-state index is 0.641. The number of likely N-dealkylation sites (N-methyl/N-ethyl adjacent to an activating group) is 2. The molecule has 3 heteroatoms. The Hall–Kier alpha value is -1.06. The van der Waals surface area contributed by atoms with Crippen molar-refractivity contribution in [2.24, 2.45) is 0 Å². The molecule has 2 rings (SSSR count). The third-order valence-corrected chi connectivity index (χ3v) is 3.89. The van der Waals surface area contributed by atoms with Crippen LogP contribution in [0.15, 0.2) is 24.3 Å². The van der Waals surface area contributed by atoms with Crippen LogP contribution in [0, 0.1) is 0 Å². The first-order chi connectivity index (χ1) is 8.72. The highest BCUT2D eigenvalue weighted by Gasteiger charge is 2.22. The van der Waals surface area contributed by atoms with E-state index in [1.54, 1.807) is 0 Å². The number of nitrogens with one attached hydrogen (secondary N) is 1. The second-order valence-corrected chi connectivity index (χ2v) is 5.33. The Morgan fingerprint density at radius 3 is 2.89 bits per heavy atom. The Bertz CT molecular complexity index is 378. The predicted octanol–water partition coefficient (Wildman–Crippen LogP) is 1.94. The molecule has 0 spiro atoms. The molecule has 0 bridgehead atoms. The summed E-state index contributed by atoms with van der Waals surface area (Å²) in [5.41, 5.74) is 2.75. The van der Waals surface area contributed by atoms with Crippen molar-refractivity contribution < 1.29 is 0 Å². The van der Waals surface area contributed by atoms with Gasteiger partial charge in [0, 0.05) is 31.9 Å². The fraction of sp³-hybridized carbons (Fsp3) is 0.600. The molecule has 0 amide bonds. The summed E-state index contributed by atoms with van der Waals surface area (Å²) in [7, 11) is 6.46. The molecule has 1 saturated heterocycles. The molecule has 1 aliphatic heterocycles. The maximum absolute atomic E-state index is 3.25. The highest BCUT2D eigenvalue weighted by Crippen LogP contribution is 2.24. The topological polar surface area (TPSA) is 18.5 Å². The summed E-state index contributed by atoms with van der Waals surface area (Å²) in [4.78, 5) is 4.90. The van der Waals surface area contributed by atoms with E-state index in [9.17, 15) is 0 Å². The van der Waals surface area contributed by atoms with E-state index in [2.05, 4.69) is 53.5 Å². The molecule has 1 aromatic carbocycles. The smallest absolute Gasteiger partial charge is 0.0414 e. The SMILES string of the molecule is CNCc1ccccc1N(C)C1CCCN(C)C1. The van der Waals surface area contributed by atoms with Gasteiger partial charge in [0.2, 0.25) is 0 Å². The first kappa shape index (κ1) is 13.4. The van der Waals surface area contributed by atoms with E-state index in [1.165, 1.54) is 37.2 Å². The largest absolute Gasteiger partial charge is 0.370 e. The van der Waals surface area contributed by atoms with Crippen LogP contribution in [0.4, 0.5) is 5.69 Å². The first-order valence-corrected chi connectivity index (χ1v) is 6.86. The molecule has 1 heterocycles. The summed E-state index contributed by atoms with van der Waals surface area (Å²) in [6.07, 6.45) is 2.61. The van der Waals surface area contributed by atoms with Gasteiger partial charge in [-0.3, -0.25) is 0 Å². The number of anilines is 1. The highest BCUT2D eigenvalue weighted by molar-refractivity contribution is 5.54. The number of benzene rings is 1. The first-order valence-electron chi connectivity index (χ1n) is 6.86. The standard InChI is InChI=1S/C15H25N3/c1-16-11-13-7-4-5-9-15(13)18(3)14-8-6-10-17(2)12-14/h4-5,7,9,14,16H,6,8,10-12H2,1-3H3. The van der Waals surface area contributed by atoms with E-state index in [0.29, 0.717) is 6.04 Å². The number of hydrogen-bond donors (Lipinski definition) is 1. The summed E-state index contributed by atoms with van der Waals surface area (Å²) in [5, 5.41) is 3.25. The van der Waals surface area contributed by atoms with Crippen LogP contribution in [-0.4, -0.2) is 45.2 Å². The number of para-hydroxylation sites is 1. The van der Waals surface area contributed by atoms with Crippen LogP contribution < -0.4 is 10.2 Å². The second kappa shape index (κ2) is 6.21. The van der Waals surface area contributed by atoms with Gasteiger partial charge >= 0.3 is 0 Å². The molecule has 3 nitrogen and oxygen atoms in total. The van der Waals surface area contributed by atoms with Gasteiger partial charge in [0.25, 0.3) is 0 Å². The van der Waals surface area contributed by atoms with Crippen LogP contribution in [0.2, 0.25) is 0 Å². The van der Waals surface area contributed by atoms with E-state index in [0.717, 1.165) is 6.54 Å². The Labute approximate surface area is 111 Å². The molecular formula is C15H25N3. The average Bonchev–Trinajstić information content (AvgIpc) is 2.39. The van der Waals surface area contributed by atoms with Crippen molar-refractivity contribution >= 4 is 5.69 Å². The maximum Gasteiger partial charge on any atom is 0.0414 e. The molecule has 1 fully saturated rings. The van der Waals surface area contributed by atoms with Gasteiger partial charge in [-0.15, -0.1) is 0 Å². The molecule has 100 valence electrons. The molecule has 0 radical (unpaired) electrons. The fourth-order valence-corrected chi connectivity index (χ4v) is 2.85. The van der Waals surface area contributed by atoms with Crippen LogP contribution in [0.25, 0.3) is 0 Å². The lowest BCUT2D eigenvalue weighted by molar-refractivity contribution is 0.248. The Balaban J connectivity index is 2.14. The van der Waals surface area contributed by atoms with Gasteiger partial charge in [0.05, 0.1) is 0 Å². The van der Waals surface area contributed by atoms with E-state index in [4.69, 9.17) is 0 Å². The molecule has 1 atom stereocenters. The zero-order valence-corrected chi connectivity index (χ0v) is 11.8. The Morgan fingerprint density at radius 1 is 1.39 bits per heavy atom. The minimum Gasteiger partial charge on any atom is -0.370 e. The highest BCUT2D eigenvalue weighted by atomic mass is 15.2. The van der Waals surface area contributed by atoms with Gasteiger partial charge in [0.15, 0.2) is 0 Å². The number of likely N-dealkylation sites (tertiary alicyclic amines) is 1. The van der Waals surface area contributed by atoms with Crippen molar-refractivity contribution in [3.63, 3.8) is 0 Å². The van der Waals surface area contributed by atoms with E-state index in [-0.39, 0.29) is 0 Å². The lowest BCUT2D eigenvalue weighted by Crippen LogP contribution is -2.45. The van der Waals surface area contributed by atoms with Gasteiger partial charge in [-0.2, -0.15) is 0 Å². The summed E-state index contributed by atoms with van der Waals surface area (Å²) in [6.45, 7) is 3.34. The van der Waals surface area contributed by atoms with Crippen molar-refractivity contribution in [3.8, 4) is 0 Å². The Morgan fingerprint density at radius 2 is 2.17 bits per heavy atom. The van der Waals surface area contributed by atoms with Crippen LogP contribution in [0.1, 0.15) is 18.4 Å². The van der Waals surface area contributed by atoms with Crippen molar-refractivity contribution in [2.75, 3.05) is 39.1 Å². The molecular weight excluding hydrogens is 222 g/mol. The van der Waals surface area contributed by atoms with E-state index >= 15 is 0 Å². The molecule has 1 unspecified atom stereocenters. The summed E-state index contributed by atoms with van der Waals surface area (Å²) in [5.74, 6) is 0. The van der Waals surface area contributed by atoms with Gasteiger partial charge in [-0.1, -0.05) is 18.2 Å². The fourth-order valence-electron chi connectivity index (χ4n) is 2.85. The monoisotopic (exact) mass is 247 g/mol. The normalized spacial score (nSPS) is 20.9. The third kappa shape index (κ3) is 3.03. The Kier molecular flexibility index (Phi) is 4.61. The van der Waals surface area contributed by atoms with Gasteiger partial charge < -0.3 is 15.1 Å². The summed E-state index contributed by atoms with van der Waals surface area (Å²) in [6, 6.07) is 9.35. The van der Waals surface area contributed by atoms with Crippen molar-refractivity contribution in [1.29, 1.82) is 0 Å². The minimum absolute atomic E-state index is 0.641. The molecule has 0 aromatic heterocycles. The maximum atomic E-state index is 3.25. The van der Waals surface area contributed by atoms with Crippen molar-refractivity contribution in [2.45, 2.75) is 25.4 Å². The molecule has 0 aliphatic carbocycles. The average molecular weight is 247 g/mol. The van der Waals surface area contributed by atoms with Gasteiger partial charge in [-0.05, 0) is 45.1 Å². The lowest BCUT2D eigenvalue weighted by atomic mass is 10.0.